The van der Waals surface area contributed by atoms with Gasteiger partial charge in [-0.3, -0.25) is 4.79 Å². The van der Waals surface area contributed by atoms with Gasteiger partial charge < -0.3 is 14.6 Å². The summed E-state index contributed by atoms with van der Waals surface area (Å²) in [5.41, 5.74) is 1.98. The highest BCUT2D eigenvalue weighted by atomic mass is 79.9. The Bertz CT molecular complexity index is 944. The lowest BCUT2D eigenvalue weighted by Crippen LogP contribution is -2.15. The fourth-order valence-electron chi connectivity index (χ4n) is 2.54. The number of hydrogen-bond acceptors (Lipinski definition) is 5. The zero-order valence-corrected chi connectivity index (χ0v) is 18.1. The lowest BCUT2D eigenvalue weighted by molar-refractivity contribution is -0.113. The summed E-state index contributed by atoms with van der Waals surface area (Å²) in [5, 5.41) is 12.0. The van der Waals surface area contributed by atoms with Crippen molar-refractivity contribution in [1.82, 2.24) is 14.8 Å². The van der Waals surface area contributed by atoms with Crippen LogP contribution in [-0.4, -0.2) is 26.4 Å². The number of benzene rings is 2. The maximum atomic E-state index is 12.3. The van der Waals surface area contributed by atoms with E-state index in [0.29, 0.717) is 17.6 Å². The van der Waals surface area contributed by atoms with Gasteiger partial charge in [0.1, 0.15) is 12.4 Å². The number of nitrogens with one attached hydrogen (secondary N) is 1. The number of rotatable bonds is 8. The molecule has 0 fully saturated rings. The van der Waals surface area contributed by atoms with Gasteiger partial charge in [0.25, 0.3) is 0 Å². The molecule has 6 nitrogen and oxygen atoms in total. The van der Waals surface area contributed by atoms with Gasteiger partial charge in [0, 0.05) is 17.2 Å². The van der Waals surface area contributed by atoms with E-state index in [4.69, 9.17) is 4.74 Å². The molecular formula is C20H21BrN4O2S. The van der Waals surface area contributed by atoms with Crippen molar-refractivity contribution in [2.45, 2.75) is 25.1 Å². The smallest absolute Gasteiger partial charge is 0.234 e. The van der Waals surface area contributed by atoms with Gasteiger partial charge in [0.05, 0.1) is 5.75 Å². The summed E-state index contributed by atoms with van der Waals surface area (Å²) in [6, 6.07) is 15.4. The molecule has 8 heteroatoms. The monoisotopic (exact) mass is 460 g/mol. The minimum absolute atomic E-state index is 0.0680. The van der Waals surface area contributed by atoms with E-state index in [1.54, 1.807) is 0 Å². The Hall–Kier alpha value is -2.32. The first kappa shape index (κ1) is 20.4. The summed E-state index contributed by atoms with van der Waals surface area (Å²) in [6.07, 6.45) is 0.870. The van der Waals surface area contributed by atoms with Crippen LogP contribution in [0.2, 0.25) is 0 Å². The van der Waals surface area contributed by atoms with Gasteiger partial charge in [0.15, 0.2) is 11.0 Å². The Kier molecular flexibility index (Phi) is 7.11. The highest BCUT2D eigenvalue weighted by molar-refractivity contribution is 9.10. The number of nitrogens with zero attached hydrogens (tertiary/aromatic N) is 3. The fourth-order valence-corrected chi connectivity index (χ4v) is 3.54. The molecule has 0 atom stereocenters. The first-order chi connectivity index (χ1) is 13.6. The number of aryl methyl sites for hydroxylation is 1. The molecule has 0 aliphatic heterocycles. The number of carbonyl (C=O) groups excluding carboxylic acids is 1. The highest BCUT2D eigenvalue weighted by Crippen LogP contribution is 2.20. The van der Waals surface area contributed by atoms with Crippen LogP contribution in [0.25, 0.3) is 0 Å². The van der Waals surface area contributed by atoms with Gasteiger partial charge in [-0.05, 0) is 42.3 Å². The van der Waals surface area contributed by atoms with E-state index in [9.17, 15) is 4.79 Å². The molecule has 0 bridgehead atoms. The average molecular weight is 461 g/mol. The summed E-state index contributed by atoms with van der Waals surface area (Å²) >= 11 is 4.74. The largest absolute Gasteiger partial charge is 0.486 e. The number of aromatic nitrogens is 3. The van der Waals surface area contributed by atoms with Crippen molar-refractivity contribution >= 4 is 39.3 Å². The lowest BCUT2D eigenvalue weighted by Gasteiger charge is -2.09. The molecule has 0 unspecified atom stereocenters. The molecule has 0 saturated heterocycles. The number of thioether (sulfide) groups is 1. The van der Waals surface area contributed by atoms with Gasteiger partial charge >= 0.3 is 0 Å². The van der Waals surface area contributed by atoms with E-state index < -0.39 is 0 Å². The van der Waals surface area contributed by atoms with Crippen LogP contribution in [0.1, 0.15) is 18.3 Å². The van der Waals surface area contributed by atoms with Gasteiger partial charge in [-0.15, -0.1) is 10.2 Å². The van der Waals surface area contributed by atoms with Gasteiger partial charge in [-0.25, -0.2) is 0 Å². The molecule has 1 aromatic heterocycles. The molecule has 146 valence electrons. The first-order valence-corrected chi connectivity index (χ1v) is 10.6. The van der Waals surface area contributed by atoms with Crippen LogP contribution in [0.3, 0.4) is 0 Å². The van der Waals surface area contributed by atoms with Gasteiger partial charge in [-0.1, -0.05) is 52.8 Å². The predicted octanol–water partition coefficient (Wildman–Crippen LogP) is 4.45. The Morgan fingerprint density at radius 2 is 1.93 bits per heavy atom. The third kappa shape index (κ3) is 5.36. The molecule has 1 amide bonds. The molecule has 0 radical (unpaired) electrons. The van der Waals surface area contributed by atoms with E-state index >= 15 is 0 Å². The van der Waals surface area contributed by atoms with Crippen LogP contribution >= 0.6 is 27.7 Å². The number of carbonyl (C=O) groups is 1. The third-order valence-electron chi connectivity index (χ3n) is 4.11. The minimum atomic E-state index is -0.0680. The zero-order valence-electron chi connectivity index (χ0n) is 15.7. The zero-order chi connectivity index (χ0) is 19.9. The Morgan fingerprint density at radius 3 is 2.68 bits per heavy atom. The topological polar surface area (TPSA) is 69.0 Å². The van der Waals surface area contributed by atoms with Gasteiger partial charge in [0.2, 0.25) is 5.91 Å². The number of ether oxygens (including phenoxy) is 1. The predicted molar refractivity (Wildman–Crippen MR) is 115 cm³/mol. The first-order valence-electron chi connectivity index (χ1n) is 8.84. The summed E-state index contributed by atoms with van der Waals surface area (Å²) in [6.45, 7) is 2.37. The molecule has 0 saturated carbocycles. The Morgan fingerprint density at radius 1 is 1.18 bits per heavy atom. The molecule has 1 N–H and O–H groups in total. The summed E-state index contributed by atoms with van der Waals surface area (Å²) < 4.78 is 8.58. The maximum absolute atomic E-state index is 12.3. The van der Waals surface area contributed by atoms with E-state index in [1.807, 2.05) is 60.1 Å². The number of hydrogen-bond donors (Lipinski definition) is 1. The van der Waals surface area contributed by atoms with Gasteiger partial charge in [-0.2, -0.15) is 0 Å². The molecule has 0 aliphatic carbocycles. The quantitative estimate of drug-likeness (QED) is 0.502. The van der Waals surface area contributed by atoms with Crippen LogP contribution in [-0.2, 0) is 24.9 Å². The summed E-state index contributed by atoms with van der Waals surface area (Å²) in [5.74, 6) is 1.65. The molecule has 28 heavy (non-hydrogen) atoms. The number of amides is 1. The van der Waals surface area contributed by atoms with E-state index in [1.165, 1.54) is 11.8 Å². The van der Waals surface area contributed by atoms with Crippen LogP contribution in [0, 0.1) is 0 Å². The van der Waals surface area contributed by atoms with Crippen LogP contribution in [0.4, 0.5) is 5.69 Å². The van der Waals surface area contributed by atoms with E-state index in [0.717, 1.165) is 27.9 Å². The molecule has 0 aliphatic rings. The van der Waals surface area contributed by atoms with Crippen molar-refractivity contribution < 1.29 is 9.53 Å². The maximum Gasteiger partial charge on any atom is 0.234 e. The van der Waals surface area contributed by atoms with Crippen molar-refractivity contribution in [3.63, 3.8) is 0 Å². The standard InChI is InChI=1S/C20H21BrN4O2S/c1-3-14-6-4-5-7-17(14)22-19(26)13-28-20-24-23-18(25(20)2)12-27-16-10-8-15(21)9-11-16/h4-11H,3,12-13H2,1-2H3,(H,22,26). The Labute approximate surface area is 176 Å². The molecule has 1 heterocycles. The van der Waals surface area contributed by atoms with E-state index in [-0.39, 0.29) is 11.7 Å². The molecule has 3 aromatic rings. The highest BCUT2D eigenvalue weighted by Gasteiger charge is 2.13. The average Bonchev–Trinajstić information content (AvgIpc) is 3.06. The van der Waals surface area contributed by atoms with Crippen LogP contribution in [0.15, 0.2) is 58.2 Å². The second-order valence-corrected chi connectivity index (χ2v) is 7.91. The van der Waals surface area contributed by atoms with Crippen molar-refractivity contribution in [2.75, 3.05) is 11.1 Å². The lowest BCUT2D eigenvalue weighted by atomic mass is 10.1. The molecule has 2 aromatic carbocycles. The second kappa shape index (κ2) is 9.75. The van der Waals surface area contributed by atoms with Crippen molar-refractivity contribution in [3.8, 4) is 5.75 Å². The van der Waals surface area contributed by atoms with E-state index in [2.05, 4.69) is 38.4 Å². The number of halogens is 1. The number of para-hydroxylation sites is 1. The second-order valence-electron chi connectivity index (χ2n) is 6.05. The van der Waals surface area contributed by atoms with Crippen molar-refractivity contribution in [1.29, 1.82) is 0 Å². The Balaban J connectivity index is 1.53. The summed E-state index contributed by atoms with van der Waals surface area (Å²) in [4.78, 5) is 12.3. The normalized spacial score (nSPS) is 10.7. The molecular weight excluding hydrogens is 440 g/mol. The van der Waals surface area contributed by atoms with Crippen LogP contribution < -0.4 is 10.1 Å². The fraction of sp³-hybridized carbons (Fsp3) is 0.250. The third-order valence-corrected chi connectivity index (χ3v) is 5.66. The molecule has 3 rings (SSSR count). The SMILES string of the molecule is CCc1ccccc1NC(=O)CSc1nnc(COc2ccc(Br)cc2)n1C. The van der Waals surface area contributed by atoms with Crippen molar-refractivity contribution in [3.05, 3.63) is 64.4 Å². The molecule has 0 spiro atoms. The number of anilines is 1. The van der Waals surface area contributed by atoms with Crippen LogP contribution in [0.5, 0.6) is 5.75 Å². The minimum Gasteiger partial charge on any atom is -0.486 e. The summed E-state index contributed by atoms with van der Waals surface area (Å²) in [7, 11) is 1.87. The van der Waals surface area contributed by atoms with Crippen molar-refractivity contribution in [2.24, 2.45) is 7.05 Å².